The Balaban J connectivity index is 2.06. The zero-order chi connectivity index (χ0) is 12.3. The molecule has 2 unspecified atom stereocenters. The van der Waals surface area contributed by atoms with Gasteiger partial charge in [-0.05, 0) is 19.1 Å². The number of aliphatic hydroxyl groups is 2. The summed E-state index contributed by atoms with van der Waals surface area (Å²) in [5.41, 5.74) is 1.00. The highest BCUT2D eigenvalue weighted by Gasteiger charge is 2.12. The Morgan fingerprint density at radius 3 is 2.88 bits per heavy atom. The lowest BCUT2D eigenvalue weighted by Crippen LogP contribution is -2.31. The summed E-state index contributed by atoms with van der Waals surface area (Å²) in [6.45, 7) is 2.15. The van der Waals surface area contributed by atoms with Crippen LogP contribution in [0.2, 0.25) is 0 Å². The van der Waals surface area contributed by atoms with Crippen LogP contribution in [0.25, 0.3) is 10.2 Å². The molecule has 0 saturated carbocycles. The van der Waals surface area contributed by atoms with Crippen molar-refractivity contribution < 1.29 is 10.2 Å². The third kappa shape index (κ3) is 3.01. The number of para-hydroxylation sites is 1. The Hall–Kier alpha value is -1.01. The van der Waals surface area contributed by atoms with E-state index in [1.165, 1.54) is 4.70 Å². The van der Waals surface area contributed by atoms with Crippen LogP contribution in [-0.2, 0) is 0 Å². The quantitative estimate of drug-likeness (QED) is 0.750. The van der Waals surface area contributed by atoms with Gasteiger partial charge in [0.15, 0.2) is 0 Å². The Bertz CT molecular complexity index is 453. The predicted octanol–water partition coefficient (Wildman–Crippen LogP) is 1.30. The summed E-state index contributed by atoms with van der Waals surface area (Å²) >= 11 is 1.65. The van der Waals surface area contributed by atoms with Gasteiger partial charge in [-0.2, -0.15) is 0 Å². The number of hydrogen-bond donors (Lipinski definition) is 3. The van der Waals surface area contributed by atoms with E-state index in [0.29, 0.717) is 6.54 Å². The molecule has 4 nitrogen and oxygen atoms in total. The van der Waals surface area contributed by atoms with Gasteiger partial charge in [0.05, 0.1) is 29.0 Å². The van der Waals surface area contributed by atoms with Crippen molar-refractivity contribution in [3.8, 4) is 0 Å². The zero-order valence-corrected chi connectivity index (χ0v) is 10.4. The molecule has 0 aliphatic carbocycles. The Kier molecular flexibility index (Phi) is 4.06. The first-order valence-electron chi connectivity index (χ1n) is 5.58. The van der Waals surface area contributed by atoms with Gasteiger partial charge in [-0.25, -0.2) is 4.98 Å². The van der Waals surface area contributed by atoms with Crippen molar-refractivity contribution in [2.24, 2.45) is 0 Å². The van der Waals surface area contributed by atoms with E-state index in [0.717, 1.165) is 10.5 Å². The predicted molar refractivity (Wildman–Crippen MR) is 69.1 cm³/mol. The second kappa shape index (κ2) is 5.55. The largest absolute Gasteiger partial charge is 0.394 e. The van der Waals surface area contributed by atoms with E-state index in [2.05, 4.69) is 10.3 Å². The van der Waals surface area contributed by atoms with Crippen molar-refractivity contribution >= 4 is 21.6 Å². The normalized spacial score (nSPS) is 15.0. The van der Waals surface area contributed by atoms with Gasteiger partial charge < -0.3 is 15.5 Å². The lowest BCUT2D eigenvalue weighted by atomic mass is 10.3. The van der Waals surface area contributed by atoms with E-state index >= 15 is 0 Å². The Labute approximate surface area is 104 Å². The minimum absolute atomic E-state index is 0.0774. The summed E-state index contributed by atoms with van der Waals surface area (Å²) in [7, 11) is 0. The van der Waals surface area contributed by atoms with E-state index < -0.39 is 6.10 Å². The standard InChI is InChI=1S/C12H16N2O2S/c1-8(13-6-9(16)7-15)12-14-10-4-2-3-5-11(10)17-12/h2-5,8-9,13,15-16H,6-7H2,1H3. The first kappa shape index (κ1) is 12.4. The van der Waals surface area contributed by atoms with Gasteiger partial charge in [0.2, 0.25) is 0 Å². The minimum Gasteiger partial charge on any atom is -0.394 e. The summed E-state index contributed by atoms with van der Waals surface area (Å²) in [4.78, 5) is 4.53. The smallest absolute Gasteiger partial charge is 0.111 e. The second-order valence-electron chi connectivity index (χ2n) is 3.99. The van der Waals surface area contributed by atoms with Crippen LogP contribution < -0.4 is 5.32 Å². The van der Waals surface area contributed by atoms with Crippen molar-refractivity contribution in [2.45, 2.75) is 19.1 Å². The van der Waals surface area contributed by atoms with Crippen molar-refractivity contribution in [3.63, 3.8) is 0 Å². The molecule has 1 aromatic heterocycles. The van der Waals surface area contributed by atoms with Crippen LogP contribution >= 0.6 is 11.3 Å². The van der Waals surface area contributed by atoms with E-state index in [4.69, 9.17) is 5.11 Å². The van der Waals surface area contributed by atoms with Gasteiger partial charge in [-0.15, -0.1) is 11.3 Å². The van der Waals surface area contributed by atoms with Crippen molar-refractivity contribution in [1.29, 1.82) is 0 Å². The molecule has 0 spiro atoms. The first-order chi connectivity index (χ1) is 8.20. The van der Waals surface area contributed by atoms with Gasteiger partial charge in [-0.1, -0.05) is 12.1 Å². The van der Waals surface area contributed by atoms with E-state index in [1.807, 2.05) is 31.2 Å². The maximum atomic E-state index is 9.26. The van der Waals surface area contributed by atoms with Crippen LogP contribution in [-0.4, -0.2) is 34.5 Å². The van der Waals surface area contributed by atoms with Crippen LogP contribution in [0.4, 0.5) is 0 Å². The molecule has 0 amide bonds. The molecule has 5 heteroatoms. The van der Waals surface area contributed by atoms with Crippen LogP contribution in [0.3, 0.4) is 0 Å². The lowest BCUT2D eigenvalue weighted by molar-refractivity contribution is 0.0924. The summed E-state index contributed by atoms with van der Waals surface area (Å²) in [5.74, 6) is 0. The van der Waals surface area contributed by atoms with Gasteiger partial charge >= 0.3 is 0 Å². The molecule has 92 valence electrons. The first-order valence-corrected chi connectivity index (χ1v) is 6.40. The van der Waals surface area contributed by atoms with Gasteiger partial charge in [0.1, 0.15) is 5.01 Å². The summed E-state index contributed by atoms with van der Waals surface area (Å²) < 4.78 is 1.17. The number of hydrogen-bond acceptors (Lipinski definition) is 5. The molecule has 17 heavy (non-hydrogen) atoms. The van der Waals surface area contributed by atoms with Crippen LogP contribution in [0.15, 0.2) is 24.3 Å². The SMILES string of the molecule is CC(NCC(O)CO)c1nc2ccccc2s1. The molecule has 0 aliphatic heterocycles. The second-order valence-corrected chi connectivity index (χ2v) is 5.05. The summed E-state index contributed by atoms with van der Waals surface area (Å²) in [6.07, 6.45) is -0.716. The van der Waals surface area contributed by atoms with Gasteiger partial charge in [-0.3, -0.25) is 0 Å². The molecule has 0 radical (unpaired) electrons. The van der Waals surface area contributed by atoms with Crippen LogP contribution in [0.1, 0.15) is 18.0 Å². The monoisotopic (exact) mass is 252 g/mol. The summed E-state index contributed by atoms with van der Waals surface area (Å²) in [5, 5.41) is 22.1. The molecular formula is C12H16N2O2S. The highest BCUT2D eigenvalue weighted by Crippen LogP contribution is 2.25. The minimum atomic E-state index is -0.716. The maximum absolute atomic E-state index is 9.26. The third-order valence-electron chi connectivity index (χ3n) is 2.55. The molecule has 1 aromatic carbocycles. The van der Waals surface area contributed by atoms with Crippen molar-refractivity contribution in [3.05, 3.63) is 29.3 Å². The third-order valence-corrected chi connectivity index (χ3v) is 3.77. The molecule has 3 N–H and O–H groups in total. The van der Waals surface area contributed by atoms with Crippen LogP contribution in [0.5, 0.6) is 0 Å². The Morgan fingerprint density at radius 2 is 2.18 bits per heavy atom. The molecule has 2 aromatic rings. The van der Waals surface area contributed by atoms with Crippen molar-refractivity contribution in [1.82, 2.24) is 10.3 Å². The fraction of sp³-hybridized carbons (Fsp3) is 0.417. The zero-order valence-electron chi connectivity index (χ0n) is 9.63. The molecular weight excluding hydrogens is 236 g/mol. The highest BCUT2D eigenvalue weighted by molar-refractivity contribution is 7.18. The number of aliphatic hydroxyl groups excluding tert-OH is 2. The fourth-order valence-electron chi connectivity index (χ4n) is 1.54. The molecule has 0 fully saturated rings. The lowest BCUT2D eigenvalue weighted by Gasteiger charge is -2.13. The molecule has 1 heterocycles. The average Bonchev–Trinajstić information content (AvgIpc) is 2.79. The molecule has 0 saturated heterocycles. The van der Waals surface area contributed by atoms with E-state index in [9.17, 15) is 5.11 Å². The number of rotatable bonds is 5. The number of thiazole rings is 1. The molecule has 0 bridgehead atoms. The average molecular weight is 252 g/mol. The fourth-order valence-corrected chi connectivity index (χ4v) is 2.53. The molecule has 2 atom stereocenters. The maximum Gasteiger partial charge on any atom is 0.111 e. The van der Waals surface area contributed by atoms with Crippen molar-refractivity contribution in [2.75, 3.05) is 13.2 Å². The summed E-state index contributed by atoms with van der Waals surface area (Å²) in [6, 6.07) is 8.09. The number of nitrogens with zero attached hydrogens (tertiary/aromatic N) is 1. The highest BCUT2D eigenvalue weighted by atomic mass is 32.1. The van der Waals surface area contributed by atoms with Crippen LogP contribution in [0, 0.1) is 0 Å². The molecule has 2 rings (SSSR count). The number of nitrogens with one attached hydrogen (secondary N) is 1. The van der Waals surface area contributed by atoms with E-state index in [1.54, 1.807) is 11.3 Å². The van der Waals surface area contributed by atoms with E-state index in [-0.39, 0.29) is 12.6 Å². The molecule has 0 aliphatic rings. The number of benzene rings is 1. The van der Waals surface area contributed by atoms with Gasteiger partial charge in [0.25, 0.3) is 0 Å². The number of fused-ring (bicyclic) bond motifs is 1. The number of aromatic nitrogens is 1. The van der Waals surface area contributed by atoms with Gasteiger partial charge in [0, 0.05) is 6.54 Å². The topological polar surface area (TPSA) is 65.4 Å². The Morgan fingerprint density at radius 1 is 1.41 bits per heavy atom.